The highest BCUT2D eigenvalue weighted by Gasteiger charge is 2.35. The van der Waals surface area contributed by atoms with Crippen molar-refractivity contribution >= 4 is 17.5 Å². The van der Waals surface area contributed by atoms with E-state index in [4.69, 9.17) is 9.47 Å². The monoisotopic (exact) mass is 392 g/mol. The molecule has 1 aliphatic rings. The molecule has 1 aliphatic heterocycles. The van der Waals surface area contributed by atoms with Crippen molar-refractivity contribution in [3.05, 3.63) is 65.4 Å². The summed E-state index contributed by atoms with van der Waals surface area (Å²) in [5.41, 5.74) is 2.57. The van der Waals surface area contributed by atoms with Crippen molar-refractivity contribution in [1.82, 2.24) is 20.2 Å². The van der Waals surface area contributed by atoms with Crippen molar-refractivity contribution in [3.63, 3.8) is 0 Å². The lowest BCUT2D eigenvalue weighted by Crippen LogP contribution is -2.31. The third-order valence-electron chi connectivity index (χ3n) is 4.73. The van der Waals surface area contributed by atoms with Crippen LogP contribution >= 0.6 is 0 Å². The Labute approximate surface area is 167 Å². The van der Waals surface area contributed by atoms with Crippen LogP contribution < -0.4 is 20.1 Å². The minimum atomic E-state index is -0.578. The third-order valence-corrected chi connectivity index (χ3v) is 4.73. The maximum atomic E-state index is 13.3. The molecule has 3 aromatic rings. The molecule has 0 aliphatic carbocycles. The number of amides is 1. The largest absolute Gasteiger partial charge is 0.497 e. The van der Waals surface area contributed by atoms with Gasteiger partial charge in [0.2, 0.25) is 5.95 Å². The molecule has 1 amide bonds. The lowest BCUT2D eigenvalue weighted by molar-refractivity contribution is -0.113. The van der Waals surface area contributed by atoms with Gasteiger partial charge < -0.3 is 20.1 Å². The van der Waals surface area contributed by atoms with Gasteiger partial charge in [0, 0.05) is 23.0 Å². The van der Waals surface area contributed by atoms with Crippen molar-refractivity contribution < 1.29 is 14.3 Å². The van der Waals surface area contributed by atoms with Crippen LogP contribution in [0.15, 0.2) is 59.8 Å². The Morgan fingerprint density at radius 1 is 1.14 bits per heavy atom. The van der Waals surface area contributed by atoms with E-state index in [1.807, 2.05) is 49.4 Å². The van der Waals surface area contributed by atoms with E-state index >= 15 is 0 Å². The fraction of sp³-hybridized carbons (Fsp3) is 0.200. The molecule has 4 rings (SSSR count). The van der Waals surface area contributed by atoms with Gasteiger partial charge in [-0.1, -0.05) is 23.3 Å². The zero-order valence-electron chi connectivity index (χ0n) is 16.2. The van der Waals surface area contributed by atoms with Crippen LogP contribution in [-0.4, -0.2) is 40.3 Å². The normalized spacial score (nSPS) is 15.3. The Kier molecular flexibility index (Phi) is 4.86. The van der Waals surface area contributed by atoms with Crippen LogP contribution in [0.4, 0.5) is 11.6 Å². The van der Waals surface area contributed by atoms with Crippen molar-refractivity contribution in [2.45, 2.75) is 13.0 Å². The number of carbonyl (C=O) groups excluding carboxylic acids is 1. The first-order valence-corrected chi connectivity index (χ1v) is 8.96. The first-order valence-electron chi connectivity index (χ1n) is 8.96. The molecule has 1 aromatic heterocycles. The van der Waals surface area contributed by atoms with E-state index in [1.54, 1.807) is 25.0 Å². The maximum Gasteiger partial charge on any atom is 0.255 e. The number of nitrogens with zero attached hydrogens (tertiary/aromatic N) is 4. The minimum absolute atomic E-state index is 0.259. The lowest BCUT2D eigenvalue weighted by Gasteiger charge is -2.29. The van der Waals surface area contributed by atoms with Crippen LogP contribution in [0.25, 0.3) is 0 Å². The smallest absolute Gasteiger partial charge is 0.255 e. The second-order valence-electron chi connectivity index (χ2n) is 6.44. The van der Waals surface area contributed by atoms with Gasteiger partial charge in [-0.3, -0.25) is 4.79 Å². The van der Waals surface area contributed by atoms with Crippen molar-refractivity contribution in [3.8, 4) is 11.5 Å². The molecule has 2 aromatic carbocycles. The quantitative estimate of drug-likeness (QED) is 0.688. The number of allylic oxidation sites excluding steroid dienone is 1. The highest BCUT2D eigenvalue weighted by molar-refractivity contribution is 6.06. The fourth-order valence-corrected chi connectivity index (χ4v) is 3.36. The Bertz CT molecular complexity index is 1080. The molecule has 1 atom stereocenters. The predicted octanol–water partition coefficient (Wildman–Crippen LogP) is 2.62. The molecule has 0 saturated carbocycles. The molecule has 0 radical (unpaired) electrons. The Morgan fingerprint density at radius 3 is 2.66 bits per heavy atom. The molecule has 1 unspecified atom stereocenters. The number of benzene rings is 2. The molecule has 2 N–H and O–H groups in total. The van der Waals surface area contributed by atoms with Crippen molar-refractivity contribution in [2.24, 2.45) is 0 Å². The molecule has 9 nitrogen and oxygen atoms in total. The van der Waals surface area contributed by atoms with Gasteiger partial charge in [0.25, 0.3) is 5.91 Å². The van der Waals surface area contributed by atoms with Crippen molar-refractivity contribution in [1.29, 1.82) is 0 Å². The molecule has 0 saturated heterocycles. The van der Waals surface area contributed by atoms with Gasteiger partial charge in [-0.05, 0) is 41.6 Å². The Balaban J connectivity index is 1.82. The molecular formula is C20H20N6O3. The number of methoxy groups -OCH3 is 2. The molecule has 0 fully saturated rings. The molecular weight excluding hydrogens is 372 g/mol. The Hall–Kier alpha value is -3.88. The SMILES string of the molecule is COc1ccc(C2C(C(=O)Nc3ccccc3)=C(C)Nc3nnnn32)c(OC)c1. The summed E-state index contributed by atoms with van der Waals surface area (Å²) in [6, 6.07) is 14.1. The Morgan fingerprint density at radius 2 is 1.93 bits per heavy atom. The van der Waals surface area contributed by atoms with Gasteiger partial charge in [0.05, 0.1) is 19.8 Å². The first-order chi connectivity index (χ1) is 14.1. The zero-order valence-corrected chi connectivity index (χ0v) is 16.2. The maximum absolute atomic E-state index is 13.3. The van der Waals surface area contributed by atoms with Crippen LogP contribution in [0.5, 0.6) is 11.5 Å². The molecule has 2 heterocycles. The minimum Gasteiger partial charge on any atom is -0.497 e. The molecule has 148 valence electrons. The average Bonchev–Trinajstić information content (AvgIpc) is 3.21. The molecule has 9 heteroatoms. The third kappa shape index (κ3) is 3.38. The molecule has 0 bridgehead atoms. The van der Waals surface area contributed by atoms with E-state index in [0.717, 1.165) is 5.56 Å². The molecule has 29 heavy (non-hydrogen) atoms. The van der Waals surface area contributed by atoms with Crippen LogP contribution in [0, 0.1) is 0 Å². The van der Waals surface area contributed by atoms with Gasteiger partial charge in [-0.25, -0.2) is 0 Å². The number of anilines is 2. The van der Waals surface area contributed by atoms with E-state index in [9.17, 15) is 4.79 Å². The second-order valence-corrected chi connectivity index (χ2v) is 6.44. The number of rotatable bonds is 5. The van der Waals surface area contributed by atoms with E-state index < -0.39 is 6.04 Å². The number of fused-ring (bicyclic) bond motifs is 1. The highest BCUT2D eigenvalue weighted by atomic mass is 16.5. The topological polar surface area (TPSA) is 103 Å². The number of hydrogen-bond donors (Lipinski definition) is 2. The van der Waals surface area contributed by atoms with Gasteiger partial charge in [0.15, 0.2) is 0 Å². The number of nitrogens with one attached hydrogen (secondary N) is 2. The van der Waals surface area contributed by atoms with E-state index in [2.05, 4.69) is 26.2 Å². The van der Waals surface area contributed by atoms with E-state index in [0.29, 0.717) is 34.4 Å². The van der Waals surface area contributed by atoms with Gasteiger partial charge in [0.1, 0.15) is 17.5 Å². The second kappa shape index (κ2) is 7.63. The predicted molar refractivity (Wildman–Crippen MR) is 107 cm³/mol. The van der Waals surface area contributed by atoms with Crippen LogP contribution in [0.3, 0.4) is 0 Å². The summed E-state index contributed by atoms with van der Waals surface area (Å²) < 4.78 is 12.4. The number of aromatic nitrogens is 4. The summed E-state index contributed by atoms with van der Waals surface area (Å²) in [5, 5.41) is 17.9. The van der Waals surface area contributed by atoms with Crippen LogP contribution in [0.2, 0.25) is 0 Å². The first kappa shape index (κ1) is 18.5. The number of hydrogen-bond acceptors (Lipinski definition) is 7. The van der Waals surface area contributed by atoms with Crippen LogP contribution in [0.1, 0.15) is 18.5 Å². The summed E-state index contributed by atoms with van der Waals surface area (Å²) in [7, 11) is 3.15. The van der Waals surface area contributed by atoms with Gasteiger partial charge in [-0.2, -0.15) is 4.68 Å². The number of para-hydroxylation sites is 1. The molecule has 0 spiro atoms. The standard InChI is InChI=1S/C20H20N6O3/c1-12-17(19(27)22-13-7-5-4-6-8-13)18(26-20(21-12)23-24-25-26)15-10-9-14(28-2)11-16(15)29-3/h4-11,18H,1-3H3,(H,22,27)(H,21,23,25). The summed E-state index contributed by atoms with van der Waals surface area (Å²) in [4.78, 5) is 13.3. The van der Waals surface area contributed by atoms with E-state index in [1.165, 1.54) is 0 Å². The summed E-state index contributed by atoms with van der Waals surface area (Å²) in [6.45, 7) is 1.82. The highest BCUT2D eigenvalue weighted by Crippen LogP contribution is 2.40. The van der Waals surface area contributed by atoms with Crippen molar-refractivity contribution in [2.75, 3.05) is 24.9 Å². The average molecular weight is 392 g/mol. The summed E-state index contributed by atoms with van der Waals surface area (Å²) in [5.74, 6) is 1.40. The summed E-state index contributed by atoms with van der Waals surface area (Å²) in [6.07, 6.45) is 0. The number of tetrazole rings is 1. The lowest BCUT2D eigenvalue weighted by atomic mass is 9.94. The number of ether oxygens (including phenoxy) is 2. The van der Waals surface area contributed by atoms with Gasteiger partial charge in [-0.15, -0.1) is 0 Å². The number of carbonyl (C=O) groups is 1. The summed E-state index contributed by atoms with van der Waals surface area (Å²) >= 11 is 0. The van der Waals surface area contributed by atoms with Crippen LogP contribution in [-0.2, 0) is 4.79 Å². The zero-order chi connectivity index (χ0) is 20.4. The fourth-order valence-electron chi connectivity index (χ4n) is 3.36. The van der Waals surface area contributed by atoms with E-state index in [-0.39, 0.29) is 5.91 Å². The van der Waals surface area contributed by atoms with Gasteiger partial charge >= 0.3 is 0 Å².